The predicted octanol–water partition coefficient (Wildman–Crippen LogP) is 2.89. The van der Waals surface area contributed by atoms with Crippen molar-refractivity contribution >= 4 is 16.5 Å². The fraction of sp³-hybridized carbons (Fsp3) is 0.769. The van der Waals surface area contributed by atoms with Gasteiger partial charge < -0.3 is 10.0 Å². The second-order valence-electron chi connectivity index (χ2n) is 5.14. The molecule has 1 unspecified atom stereocenters. The molecule has 0 saturated heterocycles. The van der Waals surface area contributed by atoms with E-state index in [1.54, 1.807) is 0 Å². The molecule has 0 aliphatic heterocycles. The molecular formula is C13H20N2OS. The summed E-state index contributed by atoms with van der Waals surface area (Å²) in [6, 6.07) is 0.722. The van der Waals surface area contributed by atoms with Crippen molar-refractivity contribution in [1.29, 1.82) is 0 Å². The molecule has 1 fully saturated rings. The van der Waals surface area contributed by atoms with Gasteiger partial charge in [0.25, 0.3) is 0 Å². The number of aryl methyl sites for hydroxylation is 1. The van der Waals surface area contributed by atoms with Gasteiger partial charge in [-0.25, -0.2) is 4.98 Å². The molecule has 1 N–H and O–H groups in total. The molecule has 0 bridgehead atoms. The quantitative estimate of drug-likeness (QED) is 0.895. The predicted molar refractivity (Wildman–Crippen MR) is 70.7 cm³/mol. The third kappa shape index (κ3) is 2.20. The molecule has 17 heavy (non-hydrogen) atoms. The van der Waals surface area contributed by atoms with Gasteiger partial charge in [-0.2, -0.15) is 0 Å². The Morgan fingerprint density at radius 2 is 2.24 bits per heavy atom. The maximum Gasteiger partial charge on any atom is 0.186 e. The largest absolute Gasteiger partial charge is 0.387 e. The SMILES string of the molecule is CCCN(c1nc2c(s1)CCCC2O)C1CC1. The number of hydrogen-bond donors (Lipinski definition) is 1. The summed E-state index contributed by atoms with van der Waals surface area (Å²) in [5.74, 6) is 0. The average Bonchev–Trinajstić information content (AvgIpc) is 3.05. The van der Waals surface area contributed by atoms with Crippen LogP contribution >= 0.6 is 11.3 Å². The second-order valence-corrected chi connectivity index (χ2v) is 6.20. The van der Waals surface area contributed by atoms with Crippen molar-refractivity contribution in [2.75, 3.05) is 11.4 Å². The minimum atomic E-state index is -0.313. The molecule has 3 nitrogen and oxygen atoms in total. The summed E-state index contributed by atoms with van der Waals surface area (Å²) in [4.78, 5) is 8.48. The lowest BCUT2D eigenvalue weighted by Gasteiger charge is -2.20. The van der Waals surface area contributed by atoms with E-state index >= 15 is 0 Å². The fourth-order valence-electron chi connectivity index (χ4n) is 2.57. The highest BCUT2D eigenvalue weighted by molar-refractivity contribution is 7.15. The Bertz CT molecular complexity index is 400. The average molecular weight is 252 g/mol. The summed E-state index contributed by atoms with van der Waals surface area (Å²) >= 11 is 1.81. The number of nitrogens with zero attached hydrogens (tertiary/aromatic N) is 2. The zero-order valence-corrected chi connectivity index (χ0v) is 11.2. The van der Waals surface area contributed by atoms with Gasteiger partial charge in [0, 0.05) is 17.5 Å². The van der Waals surface area contributed by atoms with E-state index in [1.165, 1.54) is 24.1 Å². The molecule has 2 aliphatic rings. The van der Waals surface area contributed by atoms with Crippen LogP contribution in [0.5, 0.6) is 0 Å². The van der Waals surface area contributed by atoms with Gasteiger partial charge in [-0.15, -0.1) is 11.3 Å². The van der Waals surface area contributed by atoms with Crippen LogP contribution < -0.4 is 4.90 Å². The smallest absolute Gasteiger partial charge is 0.186 e. The number of thiazole rings is 1. The van der Waals surface area contributed by atoms with Gasteiger partial charge in [0.05, 0.1) is 11.8 Å². The molecule has 1 heterocycles. The Kier molecular flexibility index (Phi) is 3.09. The highest BCUT2D eigenvalue weighted by Gasteiger charge is 2.32. The molecule has 94 valence electrons. The van der Waals surface area contributed by atoms with E-state index < -0.39 is 0 Å². The minimum absolute atomic E-state index is 0.313. The molecule has 1 atom stereocenters. The zero-order chi connectivity index (χ0) is 11.8. The lowest BCUT2D eigenvalue weighted by Crippen LogP contribution is -2.26. The van der Waals surface area contributed by atoms with Crippen molar-refractivity contribution in [2.24, 2.45) is 0 Å². The van der Waals surface area contributed by atoms with Crippen molar-refractivity contribution in [3.63, 3.8) is 0 Å². The molecule has 2 aliphatic carbocycles. The molecule has 0 aromatic carbocycles. The van der Waals surface area contributed by atoms with Crippen molar-refractivity contribution in [2.45, 2.75) is 57.6 Å². The summed E-state index contributed by atoms with van der Waals surface area (Å²) in [5, 5.41) is 11.1. The van der Waals surface area contributed by atoms with Gasteiger partial charge >= 0.3 is 0 Å². The van der Waals surface area contributed by atoms with Gasteiger partial charge in [0.15, 0.2) is 5.13 Å². The first-order chi connectivity index (χ1) is 8.29. The summed E-state index contributed by atoms with van der Waals surface area (Å²) < 4.78 is 0. The van der Waals surface area contributed by atoms with E-state index in [-0.39, 0.29) is 6.10 Å². The monoisotopic (exact) mass is 252 g/mol. The maximum atomic E-state index is 9.97. The van der Waals surface area contributed by atoms with Gasteiger partial charge in [-0.05, 0) is 38.5 Å². The third-order valence-electron chi connectivity index (χ3n) is 3.61. The molecule has 1 aromatic rings. The molecular weight excluding hydrogens is 232 g/mol. The lowest BCUT2D eigenvalue weighted by atomic mass is 10.0. The number of aliphatic hydroxyl groups excluding tert-OH is 1. The van der Waals surface area contributed by atoms with Crippen molar-refractivity contribution in [3.8, 4) is 0 Å². The van der Waals surface area contributed by atoms with Gasteiger partial charge in [0.2, 0.25) is 0 Å². The van der Waals surface area contributed by atoms with E-state index in [9.17, 15) is 5.11 Å². The molecule has 0 radical (unpaired) electrons. The Hall–Kier alpha value is -0.610. The number of aliphatic hydroxyl groups is 1. The highest BCUT2D eigenvalue weighted by atomic mass is 32.1. The standard InChI is InChI=1S/C13H20N2OS/c1-2-8-15(9-6-7-9)13-14-12-10(16)4-3-5-11(12)17-13/h9-10,16H,2-8H2,1H3. The maximum absolute atomic E-state index is 9.97. The van der Waals surface area contributed by atoms with Crippen LogP contribution in [0.2, 0.25) is 0 Å². The number of aromatic nitrogens is 1. The highest BCUT2D eigenvalue weighted by Crippen LogP contribution is 2.40. The van der Waals surface area contributed by atoms with Crippen LogP contribution in [0.15, 0.2) is 0 Å². The molecule has 0 spiro atoms. The number of hydrogen-bond acceptors (Lipinski definition) is 4. The molecule has 1 saturated carbocycles. The van der Waals surface area contributed by atoms with Gasteiger partial charge in [-0.3, -0.25) is 0 Å². The Balaban J connectivity index is 1.86. The summed E-state index contributed by atoms with van der Waals surface area (Å²) in [6.07, 6.45) is 6.57. The topological polar surface area (TPSA) is 36.4 Å². The third-order valence-corrected chi connectivity index (χ3v) is 4.78. The van der Waals surface area contributed by atoms with E-state index in [2.05, 4.69) is 11.8 Å². The van der Waals surface area contributed by atoms with E-state index in [1.807, 2.05) is 11.3 Å². The Morgan fingerprint density at radius 1 is 1.41 bits per heavy atom. The van der Waals surface area contributed by atoms with Gasteiger partial charge in [0.1, 0.15) is 0 Å². The Morgan fingerprint density at radius 3 is 2.88 bits per heavy atom. The fourth-order valence-corrected chi connectivity index (χ4v) is 3.82. The zero-order valence-electron chi connectivity index (χ0n) is 10.4. The molecule has 4 heteroatoms. The molecule has 3 rings (SSSR count). The van der Waals surface area contributed by atoms with Crippen LogP contribution in [0.25, 0.3) is 0 Å². The molecule has 0 amide bonds. The van der Waals surface area contributed by atoms with E-state index in [4.69, 9.17) is 4.98 Å². The van der Waals surface area contributed by atoms with Crippen LogP contribution in [-0.4, -0.2) is 22.7 Å². The van der Waals surface area contributed by atoms with Crippen LogP contribution in [0.1, 0.15) is 55.7 Å². The first-order valence-corrected chi connectivity index (χ1v) is 7.55. The van der Waals surface area contributed by atoms with E-state index in [0.717, 1.165) is 42.7 Å². The Labute approximate surface area is 106 Å². The lowest BCUT2D eigenvalue weighted by molar-refractivity contribution is 0.153. The van der Waals surface area contributed by atoms with Crippen molar-refractivity contribution < 1.29 is 5.11 Å². The van der Waals surface area contributed by atoms with Crippen LogP contribution in [-0.2, 0) is 6.42 Å². The van der Waals surface area contributed by atoms with Crippen molar-refractivity contribution in [3.05, 3.63) is 10.6 Å². The summed E-state index contributed by atoms with van der Waals surface area (Å²) in [7, 11) is 0. The van der Waals surface area contributed by atoms with Crippen LogP contribution in [0.4, 0.5) is 5.13 Å². The first-order valence-electron chi connectivity index (χ1n) is 6.74. The van der Waals surface area contributed by atoms with Crippen LogP contribution in [0.3, 0.4) is 0 Å². The van der Waals surface area contributed by atoms with E-state index in [0.29, 0.717) is 0 Å². The summed E-state index contributed by atoms with van der Waals surface area (Å²) in [6.45, 7) is 3.32. The van der Waals surface area contributed by atoms with Crippen LogP contribution in [0, 0.1) is 0 Å². The first kappa shape index (κ1) is 11.5. The second kappa shape index (κ2) is 4.58. The molecule has 1 aromatic heterocycles. The van der Waals surface area contributed by atoms with Crippen molar-refractivity contribution in [1.82, 2.24) is 4.98 Å². The van der Waals surface area contributed by atoms with Gasteiger partial charge in [-0.1, -0.05) is 6.92 Å². The number of anilines is 1. The number of rotatable bonds is 4. The summed E-state index contributed by atoms with van der Waals surface area (Å²) in [5.41, 5.74) is 0.970. The number of fused-ring (bicyclic) bond motifs is 1. The normalized spacial score (nSPS) is 23.5. The minimum Gasteiger partial charge on any atom is -0.387 e.